The molecule has 0 spiro atoms. The van der Waals surface area contributed by atoms with Crippen LogP contribution in [-0.4, -0.2) is 15.5 Å². The van der Waals surface area contributed by atoms with Crippen LogP contribution in [0.5, 0.6) is 0 Å². The van der Waals surface area contributed by atoms with Crippen LogP contribution >= 0.6 is 0 Å². The van der Waals surface area contributed by atoms with Crippen LogP contribution in [0.4, 0.5) is 5.95 Å². The van der Waals surface area contributed by atoms with Gasteiger partial charge < -0.3 is 4.57 Å². The maximum Gasteiger partial charge on any atom is 0.246 e. The summed E-state index contributed by atoms with van der Waals surface area (Å²) in [5.74, 6) is 0.689. The van der Waals surface area contributed by atoms with E-state index in [4.69, 9.17) is 0 Å². The predicted octanol–water partition coefficient (Wildman–Crippen LogP) is 1.17. The van der Waals surface area contributed by atoms with Crippen LogP contribution in [0, 0.1) is 6.92 Å². The number of nitrogens with zero attached hydrogens (tertiary/aromatic N) is 2. The summed E-state index contributed by atoms with van der Waals surface area (Å²) in [7, 11) is 0. The van der Waals surface area contributed by atoms with Gasteiger partial charge in [-0.15, -0.1) is 0 Å². The molecule has 0 fully saturated rings. The van der Waals surface area contributed by atoms with Gasteiger partial charge in [0.05, 0.1) is 6.20 Å². The van der Waals surface area contributed by atoms with E-state index in [-0.39, 0.29) is 5.91 Å². The molecular weight excluding hydrogens is 154 g/mol. The number of amides is 1. The molecule has 1 aliphatic rings. The molecule has 0 saturated heterocycles. The third kappa shape index (κ3) is 1.32. The van der Waals surface area contributed by atoms with Crippen molar-refractivity contribution in [2.24, 2.45) is 0 Å². The molecule has 0 bridgehead atoms. The largest absolute Gasteiger partial charge is 0.305 e. The van der Waals surface area contributed by atoms with Gasteiger partial charge >= 0.3 is 0 Å². The molecule has 0 unspecified atom stereocenters. The van der Waals surface area contributed by atoms with Gasteiger partial charge in [-0.1, -0.05) is 13.8 Å². The van der Waals surface area contributed by atoms with E-state index in [0.717, 1.165) is 5.69 Å². The minimum atomic E-state index is 0.0196. The molecule has 2 heterocycles. The Balaban J connectivity index is 0.000000336. The Hall–Kier alpha value is -1.32. The molecular formula is C8H13N3O. The van der Waals surface area contributed by atoms with Crippen molar-refractivity contribution in [1.82, 2.24) is 9.55 Å². The van der Waals surface area contributed by atoms with Crippen LogP contribution in [0.15, 0.2) is 6.20 Å². The van der Waals surface area contributed by atoms with Gasteiger partial charge in [0, 0.05) is 5.69 Å². The van der Waals surface area contributed by atoms with E-state index >= 15 is 0 Å². The van der Waals surface area contributed by atoms with Crippen molar-refractivity contribution in [3.05, 3.63) is 11.9 Å². The summed E-state index contributed by atoms with van der Waals surface area (Å²) >= 11 is 0. The van der Waals surface area contributed by atoms with Crippen molar-refractivity contribution in [3.8, 4) is 0 Å². The highest BCUT2D eigenvalue weighted by atomic mass is 16.2. The van der Waals surface area contributed by atoms with Crippen molar-refractivity contribution in [3.63, 3.8) is 0 Å². The molecule has 0 radical (unpaired) electrons. The number of hydrogen-bond donors (Lipinski definition) is 1. The van der Waals surface area contributed by atoms with Gasteiger partial charge in [-0.2, -0.15) is 0 Å². The number of imidazole rings is 1. The van der Waals surface area contributed by atoms with E-state index in [1.165, 1.54) is 0 Å². The fourth-order valence-electron chi connectivity index (χ4n) is 1.07. The normalized spacial score (nSPS) is 13.1. The van der Waals surface area contributed by atoms with Gasteiger partial charge in [0.15, 0.2) is 0 Å². The highest BCUT2D eigenvalue weighted by Gasteiger charge is 2.18. The first-order valence-corrected chi connectivity index (χ1v) is 4.09. The maximum absolute atomic E-state index is 10.7. The van der Waals surface area contributed by atoms with Gasteiger partial charge in [0.1, 0.15) is 6.54 Å². The monoisotopic (exact) mass is 167 g/mol. The number of carbonyl (C=O) groups is 1. The Morgan fingerprint density at radius 2 is 2.25 bits per heavy atom. The molecule has 1 aromatic rings. The van der Waals surface area contributed by atoms with E-state index in [0.29, 0.717) is 12.5 Å². The van der Waals surface area contributed by atoms with Crippen LogP contribution in [0.2, 0.25) is 0 Å². The number of rotatable bonds is 0. The lowest BCUT2D eigenvalue weighted by molar-refractivity contribution is -0.115. The van der Waals surface area contributed by atoms with E-state index in [1.54, 1.807) is 6.20 Å². The fraction of sp³-hybridized carbons (Fsp3) is 0.500. The molecule has 1 N–H and O–H groups in total. The number of nitrogens with one attached hydrogen (secondary N) is 1. The molecule has 12 heavy (non-hydrogen) atoms. The first kappa shape index (κ1) is 8.77. The Morgan fingerprint density at radius 3 is 2.83 bits per heavy atom. The number of aryl methyl sites for hydroxylation is 1. The van der Waals surface area contributed by atoms with Crippen LogP contribution in [-0.2, 0) is 11.3 Å². The van der Waals surface area contributed by atoms with Crippen LogP contribution < -0.4 is 5.32 Å². The van der Waals surface area contributed by atoms with Gasteiger partial charge in [0.2, 0.25) is 11.9 Å². The van der Waals surface area contributed by atoms with Crippen molar-refractivity contribution >= 4 is 11.9 Å². The summed E-state index contributed by atoms with van der Waals surface area (Å²) in [6, 6.07) is 0. The van der Waals surface area contributed by atoms with E-state index in [2.05, 4.69) is 10.3 Å². The zero-order valence-corrected chi connectivity index (χ0v) is 7.59. The van der Waals surface area contributed by atoms with Crippen molar-refractivity contribution < 1.29 is 4.79 Å². The fourth-order valence-corrected chi connectivity index (χ4v) is 1.07. The molecule has 1 aliphatic heterocycles. The third-order valence-corrected chi connectivity index (χ3v) is 1.61. The number of aromatic nitrogens is 2. The molecule has 0 saturated carbocycles. The zero-order valence-electron chi connectivity index (χ0n) is 7.59. The van der Waals surface area contributed by atoms with Crippen LogP contribution in [0.1, 0.15) is 19.5 Å². The van der Waals surface area contributed by atoms with E-state index in [9.17, 15) is 4.79 Å². The van der Waals surface area contributed by atoms with Gasteiger partial charge in [-0.25, -0.2) is 4.98 Å². The summed E-state index contributed by atoms with van der Waals surface area (Å²) in [5, 5.41) is 2.63. The first-order chi connectivity index (χ1) is 5.77. The molecule has 1 aromatic heterocycles. The van der Waals surface area contributed by atoms with Crippen molar-refractivity contribution in [2.75, 3.05) is 5.32 Å². The third-order valence-electron chi connectivity index (χ3n) is 1.61. The highest BCUT2D eigenvalue weighted by molar-refractivity contribution is 5.92. The lowest BCUT2D eigenvalue weighted by Crippen LogP contribution is -2.06. The smallest absolute Gasteiger partial charge is 0.246 e. The Kier molecular flexibility index (Phi) is 2.47. The topological polar surface area (TPSA) is 46.9 Å². The summed E-state index contributed by atoms with van der Waals surface area (Å²) in [6.07, 6.45) is 1.74. The van der Waals surface area contributed by atoms with Crippen molar-refractivity contribution in [2.45, 2.75) is 27.3 Å². The van der Waals surface area contributed by atoms with Crippen molar-refractivity contribution in [1.29, 1.82) is 0 Å². The Morgan fingerprint density at radius 1 is 1.58 bits per heavy atom. The van der Waals surface area contributed by atoms with Crippen LogP contribution in [0.25, 0.3) is 0 Å². The quantitative estimate of drug-likeness (QED) is 0.630. The average molecular weight is 167 g/mol. The second-order valence-electron chi connectivity index (χ2n) is 2.36. The second kappa shape index (κ2) is 3.38. The molecule has 2 rings (SSSR count). The zero-order chi connectivity index (χ0) is 9.14. The lowest BCUT2D eigenvalue weighted by Gasteiger charge is -1.92. The molecule has 4 heteroatoms. The lowest BCUT2D eigenvalue weighted by atomic mass is 10.5. The Labute approximate surface area is 71.6 Å². The van der Waals surface area contributed by atoms with E-state index < -0.39 is 0 Å². The van der Waals surface area contributed by atoms with Gasteiger partial charge in [0.25, 0.3) is 0 Å². The number of hydrogen-bond acceptors (Lipinski definition) is 2. The summed E-state index contributed by atoms with van der Waals surface area (Å²) in [4.78, 5) is 14.7. The number of carbonyl (C=O) groups excluding carboxylic acids is 1. The average Bonchev–Trinajstić information content (AvgIpc) is 2.58. The standard InChI is InChI=1S/C6H7N3O.C2H6/c1-4-2-7-6-8-5(10)3-9(4)6;1-2/h2H,3H2,1H3,(H,7,8,10);1-2H3. The Bertz CT molecular complexity index is 290. The minimum absolute atomic E-state index is 0.0196. The summed E-state index contributed by atoms with van der Waals surface area (Å²) in [5.41, 5.74) is 1.02. The maximum atomic E-state index is 10.7. The summed E-state index contributed by atoms with van der Waals surface area (Å²) in [6.45, 7) is 6.35. The SMILES string of the molecule is CC.Cc1cnc2n1CC(=O)N2. The second-order valence-corrected chi connectivity index (χ2v) is 2.36. The molecule has 66 valence electrons. The van der Waals surface area contributed by atoms with Gasteiger partial charge in [-0.3, -0.25) is 10.1 Å². The molecule has 0 aliphatic carbocycles. The first-order valence-electron chi connectivity index (χ1n) is 4.09. The molecule has 0 aromatic carbocycles. The van der Waals surface area contributed by atoms with Crippen LogP contribution in [0.3, 0.4) is 0 Å². The minimum Gasteiger partial charge on any atom is -0.305 e. The van der Waals surface area contributed by atoms with E-state index in [1.807, 2.05) is 25.3 Å². The highest BCUT2D eigenvalue weighted by Crippen LogP contribution is 2.14. The molecule has 0 atom stereocenters. The number of fused-ring (bicyclic) bond motifs is 1. The molecule has 4 nitrogen and oxygen atoms in total. The molecule has 1 amide bonds. The predicted molar refractivity (Wildman–Crippen MR) is 46.9 cm³/mol. The number of anilines is 1. The van der Waals surface area contributed by atoms with Gasteiger partial charge in [-0.05, 0) is 6.92 Å². The summed E-state index contributed by atoms with van der Waals surface area (Å²) < 4.78 is 1.85.